The number of anilines is 2. The molecule has 1 aromatic heterocycles. The maximum atomic E-state index is 14.2. The standard InChI is InChI=1S/C22H15FN2O4S/c1-25-14-8-7-12(23)9-13(14)22(21(25)29)10-15(26)24-17-16(11-5-3-2-4-6-11)18(20(27)28)30-19(17)22/h2-9H,10H2,1H3,(H,24,26)(H,27,28)/t22-/m0/s1. The fourth-order valence-corrected chi connectivity index (χ4v) is 5.74. The summed E-state index contributed by atoms with van der Waals surface area (Å²) >= 11 is 0.954. The number of halogens is 1. The number of benzene rings is 2. The van der Waals surface area contributed by atoms with Crippen molar-refractivity contribution in [1.29, 1.82) is 0 Å². The molecule has 6 nitrogen and oxygen atoms in total. The summed E-state index contributed by atoms with van der Waals surface area (Å²) < 4.78 is 14.2. The predicted molar refractivity (Wildman–Crippen MR) is 111 cm³/mol. The number of carbonyl (C=O) groups excluding carboxylic acids is 2. The van der Waals surface area contributed by atoms with Gasteiger partial charge < -0.3 is 15.3 Å². The first-order valence-electron chi connectivity index (χ1n) is 9.18. The van der Waals surface area contributed by atoms with Crippen molar-refractivity contribution < 1.29 is 23.9 Å². The normalized spacial score (nSPS) is 19.6. The van der Waals surface area contributed by atoms with Crippen LogP contribution in [0.3, 0.4) is 0 Å². The number of thiophene rings is 1. The first-order valence-corrected chi connectivity index (χ1v) is 10.00. The summed E-state index contributed by atoms with van der Waals surface area (Å²) in [5.74, 6) is -2.48. The second kappa shape index (κ2) is 6.24. The van der Waals surface area contributed by atoms with E-state index in [2.05, 4.69) is 5.32 Å². The van der Waals surface area contributed by atoms with Crippen LogP contribution in [0.4, 0.5) is 15.8 Å². The Morgan fingerprint density at radius 1 is 1.20 bits per heavy atom. The van der Waals surface area contributed by atoms with E-state index in [4.69, 9.17) is 0 Å². The second-order valence-electron chi connectivity index (χ2n) is 7.34. The highest BCUT2D eigenvalue weighted by molar-refractivity contribution is 7.15. The molecular formula is C22H15FN2O4S. The number of carbonyl (C=O) groups is 3. The highest BCUT2D eigenvalue weighted by atomic mass is 32.1. The molecule has 0 bridgehead atoms. The van der Waals surface area contributed by atoms with Crippen LogP contribution in [0.15, 0.2) is 48.5 Å². The second-order valence-corrected chi connectivity index (χ2v) is 8.36. The van der Waals surface area contributed by atoms with Gasteiger partial charge >= 0.3 is 5.97 Å². The molecule has 0 saturated carbocycles. The topological polar surface area (TPSA) is 86.7 Å². The lowest BCUT2D eigenvalue weighted by molar-refractivity contribution is -0.126. The third kappa shape index (κ3) is 2.31. The van der Waals surface area contributed by atoms with E-state index >= 15 is 0 Å². The largest absolute Gasteiger partial charge is 0.477 e. The van der Waals surface area contributed by atoms with Crippen molar-refractivity contribution in [2.24, 2.45) is 0 Å². The van der Waals surface area contributed by atoms with Gasteiger partial charge in [0.2, 0.25) is 11.8 Å². The van der Waals surface area contributed by atoms with Crippen molar-refractivity contribution in [2.45, 2.75) is 11.8 Å². The molecule has 150 valence electrons. The van der Waals surface area contributed by atoms with Crippen molar-refractivity contribution >= 4 is 40.5 Å². The summed E-state index contributed by atoms with van der Waals surface area (Å²) in [6.45, 7) is 0. The summed E-state index contributed by atoms with van der Waals surface area (Å²) in [6.07, 6.45) is -0.215. The van der Waals surface area contributed by atoms with E-state index in [1.54, 1.807) is 37.4 Å². The Bertz CT molecular complexity index is 1250. The van der Waals surface area contributed by atoms with Gasteiger partial charge in [0.15, 0.2) is 0 Å². The van der Waals surface area contributed by atoms with Crippen LogP contribution < -0.4 is 10.2 Å². The smallest absolute Gasteiger partial charge is 0.346 e. The first-order chi connectivity index (χ1) is 14.3. The van der Waals surface area contributed by atoms with Crippen molar-refractivity contribution in [3.05, 3.63) is 69.7 Å². The lowest BCUT2D eigenvalue weighted by Crippen LogP contribution is -2.45. The first kappa shape index (κ1) is 18.5. The molecule has 2 amide bonds. The number of nitrogens with zero attached hydrogens (tertiary/aromatic N) is 1. The Morgan fingerprint density at radius 3 is 2.63 bits per heavy atom. The molecule has 1 atom stereocenters. The Labute approximate surface area is 174 Å². The molecule has 2 aliphatic rings. The van der Waals surface area contributed by atoms with Crippen LogP contribution in [-0.2, 0) is 15.0 Å². The lowest BCUT2D eigenvalue weighted by Gasteiger charge is -2.32. The van der Waals surface area contributed by atoms with Gasteiger partial charge in [0.1, 0.15) is 16.1 Å². The van der Waals surface area contributed by atoms with Crippen LogP contribution in [-0.4, -0.2) is 29.9 Å². The van der Waals surface area contributed by atoms with Gasteiger partial charge in [-0.1, -0.05) is 30.3 Å². The average molecular weight is 422 g/mol. The number of aromatic carboxylic acids is 1. The van der Waals surface area contributed by atoms with Gasteiger partial charge in [-0.05, 0) is 23.8 Å². The van der Waals surface area contributed by atoms with Gasteiger partial charge in [0, 0.05) is 23.9 Å². The molecule has 8 heteroatoms. The van der Waals surface area contributed by atoms with Crippen LogP contribution in [0.25, 0.3) is 11.1 Å². The molecule has 2 N–H and O–H groups in total. The van der Waals surface area contributed by atoms with E-state index in [0.29, 0.717) is 32.9 Å². The molecule has 3 heterocycles. The molecule has 3 aromatic rings. The minimum atomic E-state index is -1.45. The van der Waals surface area contributed by atoms with Gasteiger partial charge in [-0.15, -0.1) is 11.3 Å². The molecule has 0 radical (unpaired) electrons. The Morgan fingerprint density at radius 2 is 1.93 bits per heavy atom. The summed E-state index contributed by atoms with van der Waals surface area (Å²) in [4.78, 5) is 40.2. The quantitative estimate of drug-likeness (QED) is 0.657. The Balaban J connectivity index is 1.88. The van der Waals surface area contributed by atoms with Crippen LogP contribution in [0, 0.1) is 5.82 Å². The zero-order valence-electron chi connectivity index (χ0n) is 15.7. The molecule has 2 aromatic carbocycles. The van der Waals surface area contributed by atoms with Gasteiger partial charge in [0.25, 0.3) is 0 Å². The van der Waals surface area contributed by atoms with E-state index in [-0.39, 0.29) is 17.2 Å². The number of likely N-dealkylation sites (N-methyl/N-ethyl adjacent to an activating group) is 1. The van der Waals surface area contributed by atoms with Gasteiger partial charge in [-0.25, -0.2) is 9.18 Å². The van der Waals surface area contributed by atoms with Gasteiger partial charge in [-0.2, -0.15) is 0 Å². The van der Waals surface area contributed by atoms with Crippen LogP contribution in [0.1, 0.15) is 26.5 Å². The highest BCUT2D eigenvalue weighted by Gasteiger charge is 2.57. The average Bonchev–Trinajstić information content (AvgIpc) is 3.20. The Hall–Kier alpha value is -3.52. The van der Waals surface area contributed by atoms with Crippen molar-refractivity contribution in [2.75, 3.05) is 17.3 Å². The number of hydrogen-bond acceptors (Lipinski definition) is 4. The molecule has 1 spiro atoms. The molecule has 5 rings (SSSR count). The number of rotatable bonds is 2. The molecule has 0 fully saturated rings. The van der Waals surface area contributed by atoms with Gasteiger partial charge in [-0.3, -0.25) is 9.59 Å². The number of nitrogens with one attached hydrogen (secondary N) is 1. The number of carboxylic acids is 1. The Kier molecular flexibility index (Phi) is 3.85. The number of hydrogen-bond donors (Lipinski definition) is 2. The van der Waals surface area contributed by atoms with E-state index in [0.717, 1.165) is 11.3 Å². The number of fused-ring (bicyclic) bond motifs is 4. The zero-order valence-corrected chi connectivity index (χ0v) is 16.5. The highest BCUT2D eigenvalue weighted by Crippen LogP contribution is 2.57. The lowest BCUT2D eigenvalue weighted by atomic mass is 9.74. The predicted octanol–water partition coefficient (Wildman–Crippen LogP) is 3.86. The SMILES string of the molecule is CN1C(=O)[C@@]2(CC(=O)Nc3c2sc(C(=O)O)c3-c2ccccc2)c2cc(F)ccc21. The van der Waals surface area contributed by atoms with E-state index in [9.17, 15) is 23.9 Å². The minimum absolute atomic E-state index is 0.0214. The monoisotopic (exact) mass is 422 g/mol. The van der Waals surface area contributed by atoms with E-state index in [1.807, 2.05) is 0 Å². The van der Waals surface area contributed by atoms with Gasteiger partial charge in [0.05, 0.1) is 17.0 Å². The van der Waals surface area contributed by atoms with Crippen molar-refractivity contribution in [3.63, 3.8) is 0 Å². The number of amides is 2. The van der Waals surface area contributed by atoms with Crippen molar-refractivity contribution in [3.8, 4) is 11.1 Å². The fraction of sp³-hybridized carbons (Fsp3) is 0.136. The van der Waals surface area contributed by atoms with Crippen LogP contribution in [0.2, 0.25) is 0 Å². The third-order valence-electron chi connectivity index (χ3n) is 5.69. The summed E-state index contributed by atoms with van der Waals surface area (Å²) in [6, 6.07) is 12.9. The van der Waals surface area contributed by atoms with Crippen LogP contribution in [0.5, 0.6) is 0 Å². The summed E-state index contributed by atoms with van der Waals surface area (Å²) in [5.41, 5.74) is 0.709. The molecule has 30 heavy (non-hydrogen) atoms. The van der Waals surface area contributed by atoms with E-state index in [1.165, 1.54) is 23.1 Å². The number of carboxylic acid groups (broad SMARTS) is 1. The molecule has 0 unspecified atom stereocenters. The summed E-state index contributed by atoms with van der Waals surface area (Å²) in [5, 5.41) is 12.7. The maximum Gasteiger partial charge on any atom is 0.346 e. The zero-order chi connectivity index (χ0) is 21.2. The molecule has 2 aliphatic heterocycles. The fourth-order valence-electron chi connectivity index (χ4n) is 4.43. The van der Waals surface area contributed by atoms with E-state index < -0.39 is 23.1 Å². The summed E-state index contributed by atoms with van der Waals surface area (Å²) in [7, 11) is 1.57. The third-order valence-corrected chi connectivity index (χ3v) is 7.03. The minimum Gasteiger partial charge on any atom is -0.477 e. The molecular weight excluding hydrogens is 407 g/mol. The maximum absolute atomic E-state index is 14.2. The molecule has 0 saturated heterocycles. The van der Waals surface area contributed by atoms with Crippen LogP contribution >= 0.6 is 11.3 Å². The van der Waals surface area contributed by atoms with Crippen molar-refractivity contribution in [1.82, 2.24) is 0 Å². The molecule has 0 aliphatic carbocycles.